The Morgan fingerprint density at radius 2 is 1.96 bits per heavy atom. The summed E-state index contributed by atoms with van der Waals surface area (Å²) in [5, 5.41) is 3.12. The lowest BCUT2D eigenvalue weighted by Gasteiger charge is -2.09. The van der Waals surface area contributed by atoms with Gasteiger partial charge in [0.15, 0.2) is 17.0 Å². The fraction of sp³-hybridized carbons (Fsp3) is 0.375. The van der Waals surface area contributed by atoms with Crippen LogP contribution in [0.3, 0.4) is 0 Å². The number of halogens is 1. The summed E-state index contributed by atoms with van der Waals surface area (Å²) in [5.41, 5.74) is 4.01. The predicted molar refractivity (Wildman–Crippen MR) is 86.7 cm³/mol. The van der Waals surface area contributed by atoms with Gasteiger partial charge in [0.2, 0.25) is 0 Å². The van der Waals surface area contributed by atoms with Gasteiger partial charge in [-0.05, 0) is 45.4 Å². The number of imidazole rings is 1. The van der Waals surface area contributed by atoms with E-state index >= 15 is 0 Å². The van der Waals surface area contributed by atoms with Crippen molar-refractivity contribution in [2.45, 2.75) is 40.3 Å². The first-order valence-electron chi connectivity index (χ1n) is 7.52. The number of fused-ring (bicyclic) bond motifs is 1. The van der Waals surface area contributed by atoms with E-state index in [4.69, 9.17) is 0 Å². The molecule has 3 heterocycles. The molecule has 0 saturated carbocycles. The van der Waals surface area contributed by atoms with Gasteiger partial charge in [0.25, 0.3) is 0 Å². The molecule has 0 spiro atoms. The Balaban J connectivity index is 1.93. The van der Waals surface area contributed by atoms with Gasteiger partial charge < -0.3 is 9.88 Å². The van der Waals surface area contributed by atoms with Gasteiger partial charge in [-0.1, -0.05) is 0 Å². The molecule has 0 atom stereocenters. The predicted octanol–water partition coefficient (Wildman–Crippen LogP) is 3.17. The number of hydrogen-bond donors (Lipinski definition) is 1. The molecule has 0 aliphatic carbocycles. The normalized spacial score (nSPS) is 11.4. The molecule has 0 amide bonds. The van der Waals surface area contributed by atoms with Crippen LogP contribution in [0.15, 0.2) is 18.5 Å². The highest BCUT2D eigenvalue weighted by Crippen LogP contribution is 2.21. The van der Waals surface area contributed by atoms with Crippen molar-refractivity contribution in [3.8, 4) is 0 Å². The van der Waals surface area contributed by atoms with E-state index in [0.29, 0.717) is 23.5 Å². The number of rotatable bonds is 4. The molecule has 3 aromatic rings. The number of nitrogens with zero attached hydrogens (tertiary/aromatic N) is 5. The maximum absolute atomic E-state index is 13.8. The van der Waals surface area contributed by atoms with Gasteiger partial charge in [-0.25, -0.2) is 4.98 Å². The number of anilines is 1. The first-order chi connectivity index (χ1) is 10.9. The molecule has 0 aromatic carbocycles. The molecule has 23 heavy (non-hydrogen) atoms. The second-order valence-electron chi connectivity index (χ2n) is 5.89. The monoisotopic (exact) mass is 314 g/mol. The van der Waals surface area contributed by atoms with Gasteiger partial charge in [0.05, 0.1) is 18.6 Å². The number of pyridine rings is 1. The van der Waals surface area contributed by atoms with Crippen molar-refractivity contribution >= 4 is 17.0 Å². The highest BCUT2D eigenvalue weighted by atomic mass is 19.1. The third-order valence-electron chi connectivity index (χ3n) is 3.54. The van der Waals surface area contributed by atoms with Crippen LogP contribution in [0.25, 0.3) is 11.2 Å². The van der Waals surface area contributed by atoms with Gasteiger partial charge in [-0.2, -0.15) is 14.4 Å². The van der Waals surface area contributed by atoms with E-state index in [0.717, 1.165) is 17.0 Å². The molecule has 0 radical (unpaired) electrons. The van der Waals surface area contributed by atoms with Crippen molar-refractivity contribution in [1.29, 1.82) is 0 Å². The molecule has 0 aliphatic heterocycles. The van der Waals surface area contributed by atoms with Crippen LogP contribution >= 0.6 is 0 Å². The van der Waals surface area contributed by atoms with Crippen molar-refractivity contribution in [2.24, 2.45) is 0 Å². The van der Waals surface area contributed by atoms with Crippen molar-refractivity contribution in [2.75, 3.05) is 5.32 Å². The van der Waals surface area contributed by atoms with E-state index in [-0.39, 0.29) is 6.04 Å². The minimum absolute atomic E-state index is 0.142. The van der Waals surface area contributed by atoms with Crippen LogP contribution in [-0.2, 0) is 6.54 Å². The SMILES string of the molecule is Cc1cc(C)nc(CNc2nc(F)nc3c2ncn3C(C)C)c1. The number of aromatic nitrogens is 5. The van der Waals surface area contributed by atoms with E-state index < -0.39 is 6.08 Å². The van der Waals surface area contributed by atoms with E-state index in [1.54, 1.807) is 6.33 Å². The van der Waals surface area contributed by atoms with Crippen molar-refractivity contribution in [3.63, 3.8) is 0 Å². The number of hydrogen-bond acceptors (Lipinski definition) is 5. The van der Waals surface area contributed by atoms with E-state index in [9.17, 15) is 4.39 Å². The molecule has 0 unspecified atom stereocenters. The zero-order chi connectivity index (χ0) is 16.6. The van der Waals surface area contributed by atoms with E-state index in [1.807, 2.05) is 44.4 Å². The average molecular weight is 314 g/mol. The van der Waals surface area contributed by atoms with E-state index in [1.165, 1.54) is 0 Å². The molecule has 120 valence electrons. The lowest BCUT2D eigenvalue weighted by Crippen LogP contribution is -2.08. The van der Waals surface area contributed by atoms with Crippen LogP contribution in [0.4, 0.5) is 10.2 Å². The van der Waals surface area contributed by atoms with Gasteiger partial charge in [0.1, 0.15) is 0 Å². The molecule has 1 N–H and O–H groups in total. The van der Waals surface area contributed by atoms with Crippen molar-refractivity contribution in [1.82, 2.24) is 24.5 Å². The summed E-state index contributed by atoms with van der Waals surface area (Å²) in [6.45, 7) is 8.40. The molecule has 6 nitrogen and oxygen atoms in total. The largest absolute Gasteiger partial charge is 0.362 e. The maximum atomic E-state index is 13.8. The maximum Gasteiger partial charge on any atom is 0.312 e. The second-order valence-corrected chi connectivity index (χ2v) is 5.89. The lowest BCUT2D eigenvalue weighted by molar-refractivity contribution is 0.537. The first kappa shape index (κ1) is 15.3. The Bertz CT molecular complexity index is 835. The van der Waals surface area contributed by atoms with Gasteiger partial charge in [0, 0.05) is 11.7 Å². The van der Waals surface area contributed by atoms with Gasteiger partial charge in [-0.3, -0.25) is 4.98 Å². The smallest absolute Gasteiger partial charge is 0.312 e. The first-order valence-corrected chi connectivity index (χ1v) is 7.52. The quantitative estimate of drug-likeness (QED) is 0.749. The Kier molecular flexibility index (Phi) is 3.94. The molecular formula is C16H19FN6. The third-order valence-corrected chi connectivity index (χ3v) is 3.54. The van der Waals surface area contributed by atoms with Crippen LogP contribution in [0, 0.1) is 19.9 Å². The highest BCUT2D eigenvalue weighted by molar-refractivity contribution is 5.82. The van der Waals surface area contributed by atoms with Gasteiger partial charge in [-0.15, -0.1) is 0 Å². The Morgan fingerprint density at radius 1 is 1.17 bits per heavy atom. The number of aryl methyl sites for hydroxylation is 2. The molecule has 3 rings (SSSR count). The standard InChI is InChI=1S/C16H19FN6/c1-9(2)23-8-19-13-14(21-16(17)22-15(13)23)18-7-12-6-10(3)5-11(4)20-12/h5-6,8-9H,7H2,1-4H3,(H,18,21,22). The molecule has 0 bridgehead atoms. The molecular weight excluding hydrogens is 295 g/mol. The van der Waals surface area contributed by atoms with Crippen molar-refractivity contribution < 1.29 is 4.39 Å². The highest BCUT2D eigenvalue weighted by Gasteiger charge is 2.14. The summed E-state index contributed by atoms with van der Waals surface area (Å²) >= 11 is 0. The Labute approximate surface area is 133 Å². The zero-order valence-corrected chi connectivity index (χ0v) is 13.6. The summed E-state index contributed by atoms with van der Waals surface area (Å²) in [4.78, 5) is 16.5. The van der Waals surface area contributed by atoms with Crippen LogP contribution in [0.2, 0.25) is 0 Å². The number of nitrogens with one attached hydrogen (secondary N) is 1. The fourth-order valence-corrected chi connectivity index (χ4v) is 2.58. The molecule has 7 heteroatoms. The Hall–Kier alpha value is -2.57. The lowest BCUT2D eigenvalue weighted by atomic mass is 10.2. The summed E-state index contributed by atoms with van der Waals surface area (Å²) in [6, 6.07) is 4.14. The molecule has 0 saturated heterocycles. The molecule has 3 aromatic heterocycles. The van der Waals surface area contributed by atoms with E-state index in [2.05, 4.69) is 25.3 Å². The third kappa shape index (κ3) is 3.13. The molecule has 0 aliphatic rings. The average Bonchev–Trinajstić information content (AvgIpc) is 2.87. The van der Waals surface area contributed by atoms with Crippen molar-refractivity contribution in [3.05, 3.63) is 41.5 Å². The fourth-order valence-electron chi connectivity index (χ4n) is 2.58. The summed E-state index contributed by atoms with van der Waals surface area (Å²) < 4.78 is 15.6. The molecule has 0 fully saturated rings. The minimum atomic E-state index is -0.768. The summed E-state index contributed by atoms with van der Waals surface area (Å²) in [6.07, 6.45) is 0.889. The van der Waals surface area contributed by atoms with Gasteiger partial charge >= 0.3 is 6.08 Å². The summed E-state index contributed by atoms with van der Waals surface area (Å²) in [5.74, 6) is 0.382. The van der Waals surface area contributed by atoms with Crippen LogP contribution in [0.5, 0.6) is 0 Å². The summed E-state index contributed by atoms with van der Waals surface area (Å²) in [7, 11) is 0. The van der Waals surface area contributed by atoms with Crippen LogP contribution in [0.1, 0.15) is 36.8 Å². The zero-order valence-electron chi connectivity index (χ0n) is 13.6. The second kappa shape index (κ2) is 5.91. The van der Waals surface area contributed by atoms with Crippen LogP contribution < -0.4 is 5.32 Å². The minimum Gasteiger partial charge on any atom is -0.362 e. The van der Waals surface area contributed by atoms with Crippen LogP contribution in [-0.4, -0.2) is 24.5 Å². The Morgan fingerprint density at radius 3 is 2.65 bits per heavy atom. The topological polar surface area (TPSA) is 68.5 Å².